The van der Waals surface area contributed by atoms with Crippen molar-refractivity contribution in [1.82, 2.24) is 4.98 Å². The molecule has 4 N–H and O–H groups in total. The van der Waals surface area contributed by atoms with Crippen molar-refractivity contribution in [2.45, 2.75) is 31.2 Å². The highest BCUT2D eigenvalue weighted by atomic mass is 19.1. The highest BCUT2D eigenvalue weighted by Gasteiger charge is 2.56. The van der Waals surface area contributed by atoms with Gasteiger partial charge in [0.1, 0.15) is 23.6 Å². The minimum atomic E-state index is -1.28. The van der Waals surface area contributed by atoms with Crippen LogP contribution in [0.5, 0.6) is 23.0 Å². The summed E-state index contributed by atoms with van der Waals surface area (Å²) >= 11 is 0. The zero-order valence-electron chi connectivity index (χ0n) is 22.7. The van der Waals surface area contributed by atoms with Crippen molar-refractivity contribution in [2.24, 2.45) is 11.1 Å². The number of aromatic nitrogens is 1. The Labute approximate surface area is 240 Å². The molecule has 2 aliphatic carbocycles. The van der Waals surface area contributed by atoms with E-state index in [2.05, 4.69) is 15.6 Å². The van der Waals surface area contributed by atoms with Crippen molar-refractivity contribution in [2.75, 3.05) is 24.4 Å². The molecule has 11 heteroatoms. The van der Waals surface area contributed by atoms with Gasteiger partial charge in [-0.3, -0.25) is 14.6 Å². The first kappa shape index (κ1) is 27.4. The fraction of sp³-hybridized carbons (Fsp3) is 0.258. The second-order valence-corrected chi connectivity index (χ2v) is 10.7. The zero-order valence-corrected chi connectivity index (χ0v) is 22.7. The van der Waals surface area contributed by atoms with Gasteiger partial charge in [-0.1, -0.05) is 0 Å². The number of methoxy groups -OCH3 is 1. The third-order valence-electron chi connectivity index (χ3n) is 7.53. The number of nitrogens with one attached hydrogen (secondary N) is 2. The molecule has 0 spiro atoms. The predicted octanol–water partition coefficient (Wildman–Crippen LogP) is 5.54. The predicted molar refractivity (Wildman–Crippen MR) is 152 cm³/mol. The molecule has 0 radical (unpaired) electrons. The summed E-state index contributed by atoms with van der Waals surface area (Å²) in [5, 5.41) is 5.85. The van der Waals surface area contributed by atoms with Gasteiger partial charge in [0, 0.05) is 35.1 Å². The summed E-state index contributed by atoms with van der Waals surface area (Å²) in [6, 6.07) is 14.3. The third kappa shape index (κ3) is 5.55. The third-order valence-corrected chi connectivity index (χ3v) is 7.53. The van der Waals surface area contributed by atoms with Gasteiger partial charge in [-0.2, -0.15) is 0 Å². The number of amides is 2. The van der Waals surface area contributed by atoms with Gasteiger partial charge in [-0.15, -0.1) is 0 Å². The lowest BCUT2D eigenvalue weighted by molar-refractivity contribution is -0.131. The van der Waals surface area contributed by atoms with Crippen LogP contribution in [0.2, 0.25) is 0 Å². The standard InChI is InChI=1S/C31H28F2N4O5/c1-40-26-15-21-23(16-27(26)41-17-30(34)9-10-30)35-13-8-24(21)42-25-7-6-20(14-22(25)33)37-29(39)31(11-12-31)28(38)36-19-4-2-18(32)3-5-19/h2-8,13-16H,9-12,17,34H2,1H3,(H,36,38)(H,37,39). The van der Waals surface area contributed by atoms with Gasteiger partial charge in [-0.25, -0.2) is 8.78 Å². The van der Waals surface area contributed by atoms with Gasteiger partial charge in [0.05, 0.1) is 18.2 Å². The molecular formula is C31H28F2N4O5. The Morgan fingerprint density at radius 1 is 0.857 bits per heavy atom. The van der Waals surface area contributed by atoms with Crippen molar-refractivity contribution in [1.29, 1.82) is 0 Å². The van der Waals surface area contributed by atoms with E-state index in [-0.39, 0.29) is 17.0 Å². The summed E-state index contributed by atoms with van der Waals surface area (Å²) in [4.78, 5) is 30.2. The molecule has 0 atom stereocenters. The molecule has 2 fully saturated rings. The Morgan fingerprint density at radius 3 is 2.19 bits per heavy atom. The maximum absolute atomic E-state index is 15.1. The van der Waals surface area contributed by atoms with Gasteiger partial charge in [0.2, 0.25) is 11.8 Å². The molecule has 0 unspecified atom stereocenters. The fourth-order valence-electron chi connectivity index (χ4n) is 4.51. The molecule has 2 aliphatic rings. The van der Waals surface area contributed by atoms with Crippen LogP contribution in [0.3, 0.4) is 0 Å². The molecule has 0 bridgehead atoms. The number of ether oxygens (including phenoxy) is 3. The molecule has 3 aromatic carbocycles. The summed E-state index contributed by atoms with van der Waals surface area (Å²) in [6.07, 6.45) is 4.03. The molecule has 2 saturated carbocycles. The fourth-order valence-corrected chi connectivity index (χ4v) is 4.51. The SMILES string of the molecule is COc1cc2c(Oc3ccc(NC(=O)C4(C(=O)Nc5ccc(F)cc5)CC4)cc3F)ccnc2cc1OCC1(N)CC1. The Balaban J connectivity index is 1.15. The Morgan fingerprint density at radius 2 is 1.55 bits per heavy atom. The van der Waals surface area contributed by atoms with Crippen molar-refractivity contribution < 1.29 is 32.6 Å². The second kappa shape index (κ2) is 10.6. The van der Waals surface area contributed by atoms with Gasteiger partial charge >= 0.3 is 0 Å². The number of benzene rings is 3. The number of carbonyl (C=O) groups excluding carboxylic acids is 2. The van der Waals surface area contributed by atoms with Crippen molar-refractivity contribution in [3.63, 3.8) is 0 Å². The van der Waals surface area contributed by atoms with Crippen LogP contribution in [0.1, 0.15) is 25.7 Å². The number of carbonyl (C=O) groups is 2. The van der Waals surface area contributed by atoms with E-state index >= 15 is 4.39 Å². The molecule has 1 aromatic heterocycles. The number of rotatable bonds is 10. The van der Waals surface area contributed by atoms with E-state index in [0.717, 1.165) is 18.9 Å². The van der Waals surface area contributed by atoms with E-state index in [4.69, 9.17) is 19.9 Å². The van der Waals surface area contributed by atoms with Gasteiger partial charge in [0.25, 0.3) is 0 Å². The van der Waals surface area contributed by atoms with Crippen LogP contribution in [-0.4, -0.2) is 36.1 Å². The maximum atomic E-state index is 15.1. The Bertz CT molecular complexity index is 1690. The molecule has 2 amide bonds. The quantitative estimate of drug-likeness (QED) is 0.212. The van der Waals surface area contributed by atoms with Crippen molar-refractivity contribution in [3.05, 3.63) is 78.5 Å². The first-order valence-corrected chi connectivity index (χ1v) is 13.4. The molecule has 216 valence electrons. The highest BCUT2D eigenvalue weighted by Crippen LogP contribution is 2.48. The van der Waals surface area contributed by atoms with Crippen LogP contribution in [-0.2, 0) is 9.59 Å². The number of nitrogens with two attached hydrogens (primary N) is 1. The molecule has 4 aromatic rings. The number of halogens is 2. The lowest BCUT2D eigenvalue weighted by Crippen LogP contribution is -2.35. The van der Waals surface area contributed by atoms with E-state index in [9.17, 15) is 14.0 Å². The summed E-state index contributed by atoms with van der Waals surface area (Å²) in [5.41, 5.74) is 5.66. The van der Waals surface area contributed by atoms with Crippen LogP contribution >= 0.6 is 0 Å². The van der Waals surface area contributed by atoms with Crippen molar-refractivity contribution >= 4 is 34.1 Å². The van der Waals surface area contributed by atoms with Gasteiger partial charge < -0.3 is 30.6 Å². The van der Waals surface area contributed by atoms with E-state index < -0.39 is 28.9 Å². The average molecular weight is 575 g/mol. The average Bonchev–Trinajstić information content (AvgIpc) is 3.91. The lowest BCUT2D eigenvalue weighted by Gasteiger charge is -2.17. The van der Waals surface area contributed by atoms with E-state index in [1.54, 1.807) is 18.2 Å². The smallest absolute Gasteiger partial charge is 0.240 e. The topological polar surface area (TPSA) is 125 Å². The first-order chi connectivity index (χ1) is 20.2. The summed E-state index contributed by atoms with van der Waals surface area (Å²) < 4.78 is 45.6. The lowest BCUT2D eigenvalue weighted by atomic mass is 10.0. The highest BCUT2D eigenvalue weighted by molar-refractivity contribution is 6.16. The number of anilines is 2. The maximum Gasteiger partial charge on any atom is 0.240 e. The Kier molecular flexibility index (Phi) is 6.90. The molecule has 0 saturated heterocycles. The summed E-state index contributed by atoms with van der Waals surface area (Å²) in [7, 11) is 1.52. The van der Waals surface area contributed by atoms with Crippen LogP contribution < -0.4 is 30.6 Å². The Hall–Kier alpha value is -4.77. The van der Waals surface area contributed by atoms with E-state index in [0.29, 0.717) is 53.3 Å². The number of nitrogens with zero attached hydrogens (tertiary/aromatic N) is 1. The number of fused-ring (bicyclic) bond motifs is 1. The minimum absolute atomic E-state index is 0.0752. The van der Waals surface area contributed by atoms with Crippen LogP contribution in [0, 0.1) is 17.0 Å². The minimum Gasteiger partial charge on any atom is -0.493 e. The van der Waals surface area contributed by atoms with Gasteiger partial charge in [-0.05, 0) is 74.2 Å². The van der Waals surface area contributed by atoms with Crippen LogP contribution in [0.25, 0.3) is 10.9 Å². The number of hydrogen-bond donors (Lipinski definition) is 3. The van der Waals surface area contributed by atoms with Crippen molar-refractivity contribution in [3.8, 4) is 23.0 Å². The number of pyridine rings is 1. The monoisotopic (exact) mass is 574 g/mol. The molecule has 42 heavy (non-hydrogen) atoms. The first-order valence-electron chi connectivity index (χ1n) is 13.4. The molecular weight excluding hydrogens is 546 g/mol. The van der Waals surface area contributed by atoms with E-state index in [1.807, 2.05) is 0 Å². The van der Waals surface area contributed by atoms with Gasteiger partial charge in [0.15, 0.2) is 23.1 Å². The normalized spacial score (nSPS) is 15.9. The second-order valence-electron chi connectivity index (χ2n) is 10.7. The largest absolute Gasteiger partial charge is 0.493 e. The molecule has 1 heterocycles. The van der Waals surface area contributed by atoms with Crippen LogP contribution in [0.15, 0.2) is 66.9 Å². The molecule has 0 aliphatic heterocycles. The number of hydrogen-bond acceptors (Lipinski definition) is 7. The van der Waals surface area contributed by atoms with E-state index in [1.165, 1.54) is 49.7 Å². The van der Waals surface area contributed by atoms with Crippen LogP contribution in [0.4, 0.5) is 20.2 Å². The zero-order chi connectivity index (χ0) is 29.5. The summed E-state index contributed by atoms with van der Waals surface area (Å²) in [5.74, 6) is -0.994. The summed E-state index contributed by atoms with van der Waals surface area (Å²) in [6.45, 7) is 0.360. The molecule has 6 rings (SSSR count). The molecule has 9 nitrogen and oxygen atoms in total.